The Kier molecular flexibility index (Phi) is 8.11. The van der Waals surface area contributed by atoms with Gasteiger partial charge in [-0.1, -0.05) is 13.8 Å². The van der Waals surface area contributed by atoms with Crippen molar-refractivity contribution >= 4 is 27.7 Å². The van der Waals surface area contributed by atoms with Gasteiger partial charge in [0.25, 0.3) is 0 Å². The van der Waals surface area contributed by atoms with Crippen LogP contribution in [0.5, 0.6) is 0 Å². The van der Waals surface area contributed by atoms with Gasteiger partial charge in [0, 0.05) is 19.5 Å². The van der Waals surface area contributed by atoms with Crippen molar-refractivity contribution < 1.29 is 0 Å². The van der Waals surface area contributed by atoms with Gasteiger partial charge in [-0.2, -0.15) is 16.9 Å². The summed E-state index contributed by atoms with van der Waals surface area (Å²) in [6, 6.07) is 0.545. The molecule has 1 unspecified atom stereocenters. The third-order valence-corrected chi connectivity index (χ3v) is 4.86. The fraction of sp³-hybridized carbons (Fsp3) is 0.786. The highest BCUT2D eigenvalue weighted by molar-refractivity contribution is 9.10. The first-order chi connectivity index (χ1) is 9.13. The third-order valence-electron chi connectivity index (χ3n) is 3.30. The normalized spacial score (nSPS) is 12.9. The highest BCUT2D eigenvalue weighted by Crippen LogP contribution is 2.23. The van der Waals surface area contributed by atoms with Gasteiger partial charge in [-0.15, -0.1) is 0 Å². The summed E-state index contributed by atoms with van der Waals surface area (Å²) in [5, 5.41) is 8.24. The summed E-state index contributed by atoms with van der Waals surface area (Å²) in [7, 11) is 2.05. The second-order valence-corrected chi connectivity index (χ2v) is 6.60. The Morgan fingerprint density at radius 3 is 2.68 bits per heavy atom. The SMILES string of the molecule is CCCNC(CCSC)Cc1c(Br)c(CC)nn1C. The van der Waals surface area contributed by atoms with E-state index in [2.05, 4.69) is 46.4 Å². The molecule has 1 N–H and O–H groups in total. The summed E-state index contributed by atoms with van der Waals surface area (Å²) in [4.78, 5) is 0. The molecule has 0 saturated carbocycles. The number of aryl methyl sites for hydroxylation is 2. The average molecular weight is 348 g/mol. The van der Waals surface area contributed by atoms with Gasteiger partial charge in [0.2, 0.25) is 0 Å². The lowest BCUT2D eigenvalue weighted by atomic mass is 10.1. The zero-order chi connectivity index (χ0) is 14.3. The first-order valence-corrected chi connectivity index (χ1v) is 9.25. The topological polar surface area (TPSA) is 29.9 Å². The number of thioether (sulfide) groups is 1. The summed E-state index contributed by atoms with van der Waals surface area (Å²) >= 11 is 5.63. The van der Waals surface area contributed by atoms with Crippen molar-refractivity contribution in [3.63, 3.8) is 0 Å². The van der Waals surface area contributed by atoms with Crippen molar-refractivity contribution in [1.29, 1.82) is 0 Å². The molecule has 5 heteroatoms. The number of hydrogen-bond acceptors (Lipinski definition) is 3. The van der Waals surface area contributed by atoms with Crippen LogP contribution in [-0.2, 0) is 19.9 Å². The largest absolute Gasteiger partial charge is 0.314 e. The molecule has 3 nitrogen and oxygen atoms in total. The molecule has 0 saturated heterocycles. The van der Waals surface area contributed by atoms with Gasteiger partial charge < -0.3 is 5.32 Å². The highest BCUT2D eigenvalue weighted by Gasteiger charge is 2.17. The molecule has 1 atom stereocenters. The lowest BCUT2D eigenvalue weighted by molar-refractivity contribution is 0.483. The Morgan fingerprint density at radius 2 is 2.16 bits per heavy atom. The van der Waals surface area contributed by atoms with Crippen LogP contribution >= 0.6 is 27.7 Å². The molecule has 0 amide bonds. The Bertz CT molecular complexity index is 371. The van der Waals surface area contributed by atoms with Crippen molar-refractivity contribution in [3.05, 3.63) is 15.9 Å². The molecule has 1 rings (SSSR count). The number of nitrogens with zero attached hydrogens (tertiary/aromatic N) is 2. The van der Waals surface area contributed by atoms with Crippen LogP contribution in [0.25, 0.3) is 0 Å². The Morgan fingerprint density at radius 1 is 1.42 bits per heavy atom. The lowest BCUT2D eigenvalue weighted by Crippen LogP contribution is -2.33. The van der Waals surface area contributed by atoms with Crippen LogP contribution in [-0.4, -0.2) is 34.4 Å². The van der Waals surface area contributed by atoms with Crippen molar-refractivity contribution in [3.8, 4) is 0 Å². The molecule has 19 heavy (non-hydrogen) atoms. The second-order valence-electron chi connectivity index (χ2n) is 4.82. The summed E-state index contributed by atoms with van der Waals surface area (Å²) in [5.41, 5.74) is 2.48. The van der Waals surface area contributed by atoms with E-state index >= 15 is 0 Å². The molecule has 1 aromatic heterocycles. The van der Waals surface area contributed by atoms with E-state index in [1.54, 1.807) is 0 Å². The lowest BCUT2D eigenvalue weighted by Gasteiger charge is -2.18. The molecule has 0 aliphatic heterocycles. The van der Waals surface area contributed by atoms with Gasteiger partial charge in [-0.3, -0.25) is 4.68 Å². The van der Waals surface area contributed by atoms with Gasteiger partial charge in [-0.25, -0.2) is 0 Å². The fourth-order valence-corrected chi connectivity index (χ4v) is 3.46. The van der Waals surface area contributed by atoms with E-state index in [-0.39, 0.29) is 0 Å². The van der Waals surface area contributed by atoms with Crippen molar-refractivity contribution in [2.24, 2.45) is 7.05 Å². The molecule has 0 radical (unpaired) electrons. The van der Waals surface area contributed by atoms with Gasteiger partial charge in [-0.05, 0) is 53.7 Å². The minimum atomic E-state index is 0.545. The first-order valence-electron chi connectivity index (χ1n) is 7.06. The number of nitrogens with one attached hydrogen (secondary N) is 1. The molecule has 0 fully saturated rings. The molecule has 0 aliphatic rings. The zero-order valence-electron chi connectivity index (χ0n) is 12.5. The van der Waals surface area contributed by atoms with Crippen LogP contribution in [0, 0.1) is 0 Å². The van der Waals surface area contributed by atoms with E-state index in [4.69, 9.17) is 0 Å². The standard InChI is InChI=1S/C14H26BrN3S/c1-5-8-16-11(7-9-19-4)10-13-14(15)12(6-2)17-18(13)3/h11,16H,5-10H2,1-4H3. The van der Waals surface area contributed by atoms with Gasteiger partial charge >= 0.3 is 0 Å². The zero-order valence-corrected chi connectivity index (χ0v) is 14.9. The fourth-order valence-electron chi connectivity index (χ4n) is 2.16. The maximum Gasteiger partial charge on any atom is 0.0766 e. The van der Waals surface area contributed by atoms with Crippen LogP contribution in [0.15, 0.2) is 4.47 Å². The van der Waals surface area contributed by atoms with E-state index < -0.39 is 0 Å². The van der Waals surface area contributed by atoms with Crippen molar-refractivity contribution in [2.75, 3.05) is 18.6 Å². The highest BCUT2D eigenvalue weighted by atomic mass is 79.9. The third kappa shape index (κ3) is 5.12. The molecule has 0 bridgehead atoms. The molecule has 0 aromatic carbocycles. The molecule has 1 heterocycles. The number of halogens is 1. The molecule has 1 aromatic rings. The van der Waals surface area contributed by atoms with Crippen LogP contribution in [0.1, 0.15) is 38.1 Å². The Hall–Kier alpha value is 0. The van der Waals surface area contributed by atoms with E-state index in [0.717, 1.165) is 25.1 Å². The number of hydrogen-bond donors (Lipinski definition) is 1. The minimum Gasteiger partial charge on any atom is -0.314 e. The Balaban J connectivity index is 2.73. The summed E-state index contributed by atoms with van der Waals surface area (Å²) in [5.74, 6) is 1.21. The van der Waals surface area contributed by atoms with E-state index in [1.165, 1.54) is 28.8 Å². The van der Waals surface area contributed by atoms with Crippen molar-refractivity contribution in [1.82, 2.24) is 15.1 Å². The van der Waals surface area contributed by atoms with E-state index in [1.807, 2.05) is 23.5 Å². The monoisotopic (exact) mass is 347 g/mol. The summed E-state index contributed by atoms with van der Waals surface area (Å²) in [6.45, 7) is 5.46. The van der Waals surface area contributed by atoms with E-state index in [0.29, 0.717) is 6.04 Å². The van der Waals surface area contributed by atoms with Crippen LogP contribution in [0.4, 0.5) is 0 Å². The van der Waals surface area contributed by atoms with Gasteiger partial charge in [0.15, 0.2) is 0 Å². The van der Waals surface area contributed by atoms with E-state index in [9.17, 15) is 0 Å². The molecule has 0 aliphatic carbocycles. The predicted octanol–water partition coefficient (Wildman–Crippen LogP) is 3.41. The first kappa shape index (κ1) is 17.1. The smallest absolute Gasteiger partial charge is 0.0766 e. The Labute approximate surface area is 130 Å². The van der Waals surface area contributed by atoms with Crippen LogP contribution in [0.2, 0.25) is 0 Å². The summed E-state index contributed by atoms with van der Waals surface area (Å²) in [6.07, 6.45) is 6.59. The maximum atomic E-state index is 4.58. The van der Waals surface area contributed by atoms with Gasteiger partial charge in [0.05, 0.1) is 15.9 Å². The summed E-state index contributed by atoms with van der Waals surface area (Å²) < 4.78 is 3.23. The minimum absolute atomic E-state index is 0.545. The van der Waals surface area contributed by atoms with Crippen molar-refractivity contribution in [2.45, 2.75) is 45.6 Å². The molecular formula is C14H26BrN3S. The quantitative estimate of drug-likeness (QED) is 0.742. The number of aromatic nitrogens is 2. The second kappa shape index (κ2) is 9.03. The molecular weight excluding hydrogens is 322 g/mol. The maximum absolute atomic E-state index is 4.58. The predicted molar refractivity (Wildman–Crippen MR) is 89.1 cm³/mol. The van der Waals surface area contributed by atoms with Crippen LogP contribution < -0.4 is 5.32 Å². The van der Waals surface area contributed by atoms with Gasteiger partial charge in [0.1, 0.15) is 0 Å². The molecule has 0 spiro atoms. The van der Waals surface area contributed by atoms with Crippen LogP contribution in [0.3, 0.4) is 0 Å². The number of rotatable bonds is 9. The average Bonchev–Trinajstić information content (AvgIpc) is 2.68. The molecule has 110 valence electrons.